The average Bonchev–Trinajstić information content (AvgIpc) is 2.77. The quantitative estimate of drug-likeness (QED) is 0.134. The van der Waals surface area contributed by atoms with Crippen LogP contribution >= 0.6 is 23.2 Å². The van der Waals surface area contributed by atoms with E-state index in [2.05, 4.69) is 15.6 Å². The molecule has 2 aromatic carbocycles. The highest BCUT2D eigenvalue weighted by Crippen LogP contribution is 2.22. The first-order valence-corrected chi connectivity index (χ1v) is 10.9. The minimum absolute atomic E-state index is 0. The number of guanidine groups is 1. The molecule has 34 heavy (non-hydrogen) atoms. The summed E-state index contributed by atoms with van der Waals surface area (Å²) in [6.45, 7) is 0.262. The topological polar surface area (TPSA) is 166 Å². The van der Waals surface area contributed by atoms with Gasteiger partial charge in [-0.25, -0.2) is 0 Å². The van der Waals surface area contributed by atoms with Gasteiger partial charge in [-0.2, -0.15) is 0 Å². The lowest BCUT2D eigenvalue weighted by Crippen LogP contribution is -3.00. The maximum atomic E-state index is 13.0. The van der Waals surface area contributed by atoms with Crippen LogP contribution in [-0.4, -0.2) is 42.3 Å². The van der Waals surface area contributed by atoms with Crippen LogP contribution in [0.4, 0.5) is 0 Å². The molecule has 0 fully saturated rings. The van der Waals surface area contributed by atoms with Gasteiger partial charge in [0.2, 0.25) is 11.8 Å². The summed E-state index contributed by atoms with van der Waals surface area (Å²) in [5, 5.41) is 5.79. The second kappa shape index (κ2) is 14.3. The first-order chi connectivity index (χ1) is 15.7. The fourth-order valence-electron chi connectivity index (χ4n) is 3.00. The number of aliphatic imine (C=N–C) groups is 1. The van der Waals surface area contributed by atoms with Crippen LogP contribution in [0.15, 0.2) is 53.5 Å². The number of halogens is 3. The van der Waals surface area contributed by atoms with Gasteiger partial charge in [0.15, 0.2) is 5.96 Å². The van der Waals surface area contributed by atoms with Gasteiger partial charge < -0.3 is 40.2 Å². The standard InChI is InChI=1S/C22H26Cl2N6O3.ClH/c23-15-9-8-14(12-16(15)24)20(32)29-17(7-4-10-28-22(26)27)21(33)30-18(19(25)31)11-13-5-2-1-3-6-13;/h1-3,5-6,8-9,12,17-18H,4,7,10-11H2,(H2,25,31)(H,29,32)(H,30,33)(H4,26,27,28);1H/p-1/t17-,18+;/m0./s1. The molecule has 2 aromatic rings. The minimum atomic E-state index is -0.973. The predicted molar refractivity (Wildman–Crippen MR) is 129 cm³/mol. The van der Waals surface area contributed by atoms with Crippen LogP contribution in [0.2, 0.25) is 10.0 Å². The van der Waals surface area contributed by atoms with E-state index in [1.807, 2.05) is 30.3 Å². The zero-order chi connectivity index (χ0) is 24.4. The molecule has 8 N–H and O–H groups in total. The van der Waals surface area contributed by atoms with Crippen molar-refractivity contribution in [2.45, 2.75) is 31.3 Å². The van der Waals surface area contributed by atoms with Crippen molar-refractivity contribution in [3.05, 3.63) is 69.7 Å². The number of rotatable bonds is 11. The van der Waals surface area contributed by atoms with Gasteiger partial charge in [0, 0.05) is 18.5 Å². The molecule has 2 rings (SSSR count). The zero-order valence-corrected chi connectivity index (χ0v) is 20.4. The maximum absolute atomic E-state index is 13.0. The van der Waals surface area contributed by atoms with Crippen LogP contribution in [0.5, 0.6) is 0 Å². The zero-order valence-electron chi connectivity index (χ0n) is 18.1. The number of amides is 3. The fourth-order valence-corrected chi connectivity index (χ4v) is 3.29. The molecule has 184 valence electrons. The summed E-state index contributed by atoms with van der Waals surface area (Å²) in [4.78, 5) is 41.6. The number of hydrogen-bond donors (Lipinski definition) is 5. The minimum Gasteiger partial charge on any atom is -1.00 e. The van der Waals surface area contributed by atoms with Gasteiger partial charge in [0.05, 0.1) is 10.0 Å². The highest BCUT2D eigenvalue weighted by Gasteiger charge is 2.26. The van der Waals surface area contributed by atoms with E-state index in [0.717, 1.165) is 5.56 Å². The molecule has 3 amide bonds. The molecule has 12 heteroatoms. The van der Waals surface area contributed by atoms with Crippen molar-refractivity contribution >= 4 is 46.9 Å². The molecule has 0 spiro atoms. The smallest absolute Gasteiger partial charge is 0.251 e. The van der Waals surface area contributed by atoms with Gasteiger partial charge in [-0.15, -0.1) is 0 Å². The first-order valence-electron chi connectivity index (χ1n) is 10.1. The third kappa shape index (κ3) is 9.46. The molecular weight excluding hydrogens is 503 g/mol. The van der Waals surface area contributed by atoms with Crippen LogP contribution in [0.25, 0.3) is 0 Å². The summed E-state index contributed by atoms with van der Waals surface area (Å²) in [6.07, 6.45) is 0.827. The van der Waals surface area contributed by atoms with Crippen molar-refractivity contribution in [3.63, 3.8) is 0 Å². The fraction of sp³-hybridized carbons (Fsp3) is 0.273. The van der Waals surface area contributed by atoms with Gasteiger partial charge in [-0.1, -0.05) is 53.5 Å². The summed E-state index contributed by atoms with van der Waals surface area (Å²) >= 11 is 11.9. The van der Waals surface area contributed by atoms with Gasteiger partial charge in [-0.3, -0.25) is 19.4 Å². The maximum Gasteiger partial charge on any atom is 0.251 e. The van der Waals surface area contributed by atoms with Crippen LogP contribution in [0.1, 0.15) is 28.8 Å². The van der Waals surface area contributed by atoms with Crippen molar-refractivity contribution in [1.82, 2.24) is 10.6 Å². The summed E-state index contributed by atoms with van der Waals surface area (Å²) < 4.78 is 0. The SMILES string of the molecule is NC(=O)[C@@H](Cc1ccccc1)NC(=O)[C@H](CCCN=C(N)N)NC(=O)c1ccc(Cl)c(Cl)c1.[Cl-]. The first kappa shape index (κ1) is 29.0. The highest BCUT2D eigenvalue weighted by atomic mass is 35.5. The van der Waals surface area contributed by atoms with Crippen molar-refractivity contribution in [2.75, 3.05) is 6.54 Å². The Kier molecular flexibility index (Phi) is 12.2. The number of nitrogens with one attached hydrogen (secondary N) is 2. The predicted octanol–water partition coefficient (Wildman–Crippen LogP) is -1.64. The lowest BCUT2D eigenvalue weighted by Gasteiger charge is -2.22. The Hall–Kier alpha value is -3.01. The summed E-state index contributed by atoms with van der Waals surface area (Å²) in [6, 6.07) is 11.6. The second-order valence-corrected chi connectivity index (χ2v) is 8.07. The Balaban J connectivity index is 0.00000578. The number of nitrogens with zero attached hydrogens (tertiary/aromatic N) is 1. The Labute approximate surface area is 213 Å². The molecule has 0 aliphatic rings. The molecule has 9 nitrogen and oxygen atoms in total. The van der Waals surface area contributed by atoms with E-state index >= 15 is 0 Å². The van der Waals surface area contributed by atoms with E-state index < -0.39 is 29.8 Å². The lowest BCUT2D eigenvalue weighted by atomic mass is 10.0. The van der Waals surface area contributed by atoms with Crippen LogP contribution in [0.3, 0.4) is 0 Å². The van der Waals surface area contributed by atoms with Gasteiger partial charge >= 0.3 is 0 Å². The summed E-state index contributed by atoms with van der Waals surface area (Å²) in [5.41, 5.74) is 17.2. The van der Waals surface area contributed by atoms with Crippen molar-refractivity contribution in [2.24, 2.45) is 22.2 Å². The Morgan fingerprint density at radius 3 is 2.18 bits per heavy atom. The molecule has 0 aliphatic carbocycles. The van der Waals surface area contributed by atoms with Crippen LogP contribution in [0, 0.1) is 0 Å². The number of primary amides is 1. The van der Waals surface area contributed by atoms with Crippen LogP contribution < -0.4 is 40.2 Å². The van der Waals surface area contributed by atoms with Gasteiger partial charge in [0.25, 0.3) is 5.91 Å². The van der Waals surface area contributed by atoms with Crippen molar-refractivity contribution in [3.8, 4) is 0 Å². The molecule has 0 bridgehead atoms. The number of benzene rings is 2. The Bertz CT molecular complexity index is 1020. The third-order valence-corrected chi connectivity index (χ3v) is 5.43. The molecule has 0 radical (unpaired) electrons. The normalized spacial score (nSPS) is 11.9. The summed E-state index contributed by atoms with van der Waals surface area (Å²) in [7, 11) is 0. The molecule has 0 aromatic heterocycles. The number of carbonyl (C=O) groups excluding carboxylic acids is 3. The Morgan fingerprint density at radius 1 is 0.912 bits per heavy atom. The lowest BCUT2D eigenvalue weighted by molar-refractivity contribution is -0.128. The van der Waals surface area contributed by atoms with E-state index in [0.29, 0.717) is 11.4 Å². The van der Waals surface area contributed by atoms with E-state index in [4.69, 9.17) is 40.4 Å². The largest absolute Gasteiger partial charge is 1.00 e. The molecule has 0 unspecified atom stereocenters. The summed E-state index contributed by atoms with van der Waals surface area (Å²) in [5.74, 6) is -1.86. The molecule has 0 heterocycles. The molecular formula is C22H26Cl3N6O3-. The second-order valence-electron chi connectivity index (χ2n) is 7.26. The van der Waals surface area contributed by atoms with Crippen LogP contribution in [-0.2, 0) is 16.0 Å². The molecule has 0 saturated carbocycles. The van der Waals surface area contributed by atoms with E-state index in [-0.39, 0.29) is 48.3 Å². The molecule has 0 saturated heterocycles. The average molecular weight is 529 g/mol. The number of hydrogen-bond acceptors (Lipinski definition) is 4. The van der Waals surface area contributed by atoms with Crippen molar-refractivity contribution in [1.29, 1.82) is 0 Å². The Morgan fingerprint density at radius 2 is 1.59 bits per heavy atom. The third-order valence-electron chi connectivity index (χ3n) is 4.69. The highest BCUT2D eigenvalue weighted by molar-refractivity contribution is 6.42. The van der Waals surface area contributed by atoms with E-state index in [1.165, 1.54) is 18.2 Å². The van der Waals surface area contributed by atoms with Crippen molar-refractivity contribution < 1.29 is 26.8 Å². The number of nitrogens with two attached hydrogens (primary N) is 3. The van der Waals surface area contributed by atoms with Gasteiger partial charge in [-0.05, 0) is 36.6 Å². The van der Waals surface area contributed by atoms with E-state index in [1.54, 1.807) is 0 Å². The molecule has 2 atom stereocenters. The van der Waals surface area contributed by atoms with Gasteiger partial charge in [0.1, 0.15) is 12.1 Å². The monoisotopic (exact) mass is 527 g/mol. The number of carbonyl (C=O) groups is 3. The molecule has 0 aliphatic heterocycles. The van der Waals surface area contributed by atoms with E-state index in [9.17, 15) is 14.4 Å².